The smallest absolute Gasteiger partial charge is 0.261 e. The number of halogens is 2. The van der Waals surface area contributed by atoms with E-state index in [1.807, 2.05) is 0 Å². The van der Waals surface area contributed by atoms with Gasteiger partial charge in [0.1, 0.15) is 5.82 Å². The molecule has 1 saturated carbocycles. The Morgan fingerprint density at radius 3 is 2.56 bits per heavy atom. The first kappa shape index (κ1) is 24.7. The maximum atomic E-state index is 14.9. The molecule has 1 unspecified atom stereocenters. The lowest BCUT2D eigenvalue weighted by Crippen LogP contribution is -2.47. The highest BCUT2D eigenvalue weighted by Crippen LogP contribution is 2.34. The molecule has 2 aliphatic rings. The Balaban J connectivity index is 1.29. The number of thiophene rings is 1. The fourth-order valence-electron chi connectivity index (χ4n) is 5.17. The lowest BCUT2D eigenvalue weighted by atomic mass is 10.1. The Hall–Kier alpha value is -3.01. The van der Waals surface area contributed by atoms with Crippen LogP contribution < -0.4 is 16.2 Å². The maximum Gasteiger partial charge on any atom is 0.261 e. The lowest BCUT2D eigenvalue weighted by Gasteiger charge is -2.29. The van der Waals surface area contributed by atoms with Crippen molar-refractivity contribution in [2.45, 2.75) is 37.8 Å². The van der Waals surface area contributed by atoms with Gasteiger partial charge in [-0.05, 0) is 69.1 Å². The fourth-order valence-corrected chi connectivity index (χ4v) is 6.11. The molecule has 1 saturated heterocycles. The van der Waals surface area contributed by atoms with Crippen LogP contribution in [0.2, 0.25) is 4.34 Å². The van der Waals surface area contributed by atoms with E-state index in [9.17, 15) is 18.8 Å². The van der Waals surface area contributed by atoms with Crippen molar-refractivity contribution in [3.8, 4) is 5.69 Å². The van der Waals surface area contributed by atoms with Gasteiger partial charge in [-0.3, -0.25) is 23.9 Å². The molecule has 3 atom stereocenters. The lowest BCUT2D eigenvalue weighted by molar-refractivity contribution is -0.119. The number of anilines is 1. The zero-order valence-corrected chi connectivity index (χ0v) is 21.0. The summed E-state index contributed by atoms with van der Waals surface area (Å²) in [5.41, 5.74) is 0.166. The number of hydrogen-bond donors (Lipinski definition) is 2. The van der Waals surface area contributed by atoms with E-state index < -0.39 is 5.82 Å². The second-order valence-electron chi connectivity index (χ2n) is 9.22. The molecule has 0 radical (unpaired) electrons. The van der Waals surface area contributed by atoms with E-state index in [1.54, 1.807) is 36.5 Å². The summed E-state index contributed by atoms with van der Waals surface area (Å²) >= 11 is 7.21. The number of carbonyl (C=O) groups is 2. The van der Waals surface area contributed by atoms with Crippen molar-refractivity contribution in [1.29, 1.82) is 0 Å². The Bertz CT molecular complexity index is 1340. The van der Waals surface area contributed by atoms with Gasteiger partial charge in [0.15, 0.2) is 0 Å². The zero-order valence-electron chi connectivity index (χ0n) is 19.5. The first-order valence-corrected chi connectivity index (χ1v) is 13.2. The average Bonchev–Trinajstić information content (AvgIpc) is 3.62. The zero-order chi connectivity index (χ0) is 25.2. The van der Waals surface area contributed by atoms with E-state index >= 15 is 0 Å². The number of rotatable bonds is 6. The number of amides is 2. The van der Waals surface area contributed by atoms with E-state index in [2.05, 4.69) is 15.5 Å². The second kappa shape index (κ2) is 10.5. The van der Waals surface area contributed by atoms with Crippen molar-refractivity contribution in [3.05, 3.63) is 80.1 Å². The highest BCUT2D eigenvalue weighted by Gasteiger charge is 2.42. The minimum absolute atomic E-state index is 0.0415. The van der Waals surface area contributed by atoms with E-state index in [0.29, 0.717) is 27.7 Å². The van der Waals surface area contributed by atoms with Crippen molar-refractivity contribution in [3.63, 3.8) is 0 Å². The van der Waals surface area contributed by atoms with Gasteiger partial charge in [0.25, 0.3) is 11.5 Å². The number of benzene rings is 1. The summed E-state index contributed by atoms with van der Waals surface area (Å²) in [6, 6.07) is 12.2. The van der Waals surface area contributed by atoms with E-state index in [-0.39, 0.29) is 41.1 Å². The molecule has 7 nitrogen and oxygen atoms in total. The van der Waals surface area contributed by atoms with Gasteiger partial charge in [-0.2, -0.15) is 0 Å². The number of aromatic nitrogens is 1. The Morgan fingerprint density at radius 1 is 1.06 bits per heavy atom. The third-order valence-electron chi connectivity index (χ3n) is 6.93. The van der Waals surface area contributed by atoms with Crippen molar-refractivity contribution in [2.24, 2.45) is 5.92 Å². The summed E-state index contributed by atoms with van der Waals surface area (Å²) in [7, 11) is 0. The molecule has 188 valence electrons. The van der Waals surface area contributed by atoms with Gasteiger partial charge in [-0.15, -0.1) is 11.3 Å². The summed E-state index contributed by atoms with van der Waals surface area (Å²) in [5, 5.41) is 5.83. The predicted octanol–water partition coefficient (Wildman–Crippen LogP) is 4.30. The molecule has 0 bridgehead atoms. The number of nitrogens with zero attached hydrogens (tertiary/aromatic N) is 2. The molecule has 3 aromatic rings. The monoisotopic (exact) mass is 528 g/mol. The van der Waals surface area contributed by atoms with Gasteiger partial charge in [-0.25, -0.2) is 4.39 Å². The third kappa shape index (κ3) is 5.23. The van der Waals surface area contributed by atoms with Crippen molar-refractivity contribution in [2.75, 3.05) is 18.4 Å². The quantitative estimate of drug-likeness (QED) is 0.499. The first-order chi connectivity index (χ1) is 17.4. The second-order valence-corrected chi connectivity index (χ2v) is 10.9. The molecule has 2 fully saturated rings. The Morgan fingerprint density at radius 2 is 1.86 bits per heavy atom. The molecule has 1 aromatic carbocycles. The molecule has 1 aliphatic carbocycles. The summed E-state index contributed by atoms with van der Waals surface area (Å²) in [6.07, 6.45) is 4.80. The third-order valence-corrected chi connectivity index (χ3v) is 8.16. The highest BCUT2D eigenvalue weighted by molar-refractivity contribution is 7.18. The molecule has 2 amide bonds. The number of hydrogen-bond acceptors (Lipinski definition) is 5. The molecule has 2 N–H and O–H groups in total. The molecule has 5 rings (SSSR count). The minimum Gasteiger partial charge on any atom is -0.347 e. The number of carbonyl (C=O) groups excluding carboxylic acids is 2. The van der Waals surface area contributed by atoms with E-state index in [4.69, 9.17) is 11.6 Å². The fraction of sp³-hybridized carbons (Fsp3) is 0.346. The normalized spacial score (nSPS) is 22.0. The van der Waals surface area contributed by atoms with Crippen LogP contribution in [-0.2, 0) is 4.79 Å². The minimum atomic E-state index is -0.620. The topological polar surface area (TPSA) is 83.4 Å². The molecule has 0 spiro atoms. The molecular weight excluding hydrogens is 503 g/mol. The van der Waals surface area contributed by atoms with E-state index in [1.165, 1.54) is 34.1 Å². The van der Waals surface area contributed by atoms with Crippen LogP contribution in [-0.4, -0.2) is 46.5 Å². The number of likely N-dealkylation sites (tertiary alicyclic amines) is 1. The van der Waals surface area contributed by atoms with Crippen molar-refractivity contribution < 1.29 is 14.0 Å². The predicted molar refractivity (Wildman–Crippen MR) is 139 cm³/mol. The van der Waals surface area contributed by atoms with Gasteiger partial charge >= 0.3 is 0 Å². The average molecular weight is 529 g/mol. The van der Waals surface area contributed by atoms with Crippen LogP contribution in [0.1, 0.15) is 35.4 Å². The molecule has 2 aromatic heterocycles. The summed E-state index contributed by atoms with van der Waals surface area (Å²) < 4.78 is 16.8. The molecule has 3 heterocycles. The van der Waals surface area contributed by atoms with Gasteiger partial charge in [0.2, 0.25) is 5.91 Å². The Kier molecular flexibility index (Phi) is 7.22. The van der Waals surface area contributed by atoms with E-state index in [0.717, 1.165) is 25.9 Å². The molecule has 10 heteroatoms. The largest absolute Gasteiger partial charge is 0.347 e. The SMILES string of the molecule is O=C(N[C@H]1C[C@@H](C(=O)Nc2ccc(-n3ccccc3=O)cc2F)CC1N1CCCC1)c1ccc(Cl)s1. The van der Waals surface area contributed by atoms with Crippen LogP contribution in [0.5, 0.6) is 0 Å². The first-order valence-electron chi connectivity index (χ1n) is 12.0. The molecular formula is C26H26ClFN4O3S. The van der Waals surface area contributed by atoms with Crippen LogP contribution >= 0.6 is 22.9 Å². The van der Waals surface area contributed by atoms with Gasteiger partial charge in [0, 0.05) is 36.3 Å². The molecule has 36 heavy (non-hydrogen) atoms. The highest BCUT2D eigenvalue weighted by atomic mass is 35.5. The van der Waals surface area contributed by atoms with Crippen molar-refractivity contribution >= 4 is 40.4 Å². The van der Waals surface area contributed by atoms with Gasteiger partial charge < -0.3 is 10.6 Å². The van der Waals surface area contributed by atoms with Crippen LogP contribution in [0.4, 0.5) is 10.1 Å². The summed E-state index contributed by atoms with van der Waals surface area (Å²) in [4.78, 5) is 40.9. The molecule has 1 aliphatic heterocycles. The van der Waals surface area contributed by atoms with Gasteiger partial charge in [0.05, 0.1) is 20.6 Å². The van der Waals surface area contributed by atoms with Crippen molar-refractivity contribution in [1.82, 2.24) is 14.8 Å². The van der Waals surface area contributed by atoms with Crippen LogP contribution in [0, 0.1) is 11.7 Å². The Labute approximate surface area is 216 Å². The van der Waals surface area contributed by atoms with Gasteiger partial charge in [-0.1, -0.05) is 17.7 Å². The number of nitrogens with one attached hydrogen (secondary N) is 2. The van der Waals surface area contributed by atoms with Crippen LogP contribution in [0.25, 0.3) is 5.69 Å². The summed E-state index contributed by atoms with van der Waals surface area (Å²) in [5.74, 6) is -1.47. The number of pyridine rings is 1. The standard InChI is InChI=1S/C26H26ClFN4O3S/c27-23-9-8-22(36-23)26(35)30-20-13-16(14-21(20)31-10-3-4-11-31)25(34)29-19-7-6-17(15-18(19)28)32-12-2-1-5-24(32)33/h1-2,5-9,12,15-16,20-21H,3-4,10-11,13-14H2,(H,29,34)(H,30,35)/t16-,20+,21?/m1/s1. The summed E-state index contributed by atoms with van der Waals surface area (Å²) in [6.45, 7) is 1.87. The maximum absolute atomic E-state index is 14.9. The van der Waals surface area contributed by atoms with Crippen LogP contribution in [0.3, 0.4) is 0 Å². The van der Waals surface area contributed by atoms with Crippen LogP contribution in [0.15, 0.2) is 59.5 Å².